The molecule has 0 spiro atoms. The Kier molecular flexibility index (Phi) is 5.22. The van der Waals surface area contributed by atoms with Gasteiger partial charge in [-0.1, -0.05) is 6.92 Å². The van der Waals surface area contributed by atoms with Crippen molar-refractivity contribution in [3.8, 4) is 11.5 Å². The first-order chi connectivity index (χ1) is 10.2. The molecule has 114 valence electrons. The van der Waals surface area contributed by atoms with Gasteiger partial charge in [0.25, 0.3) is 0 Å². The summed E-state index contributed by atoms with van der Waals surface area (Å²) in [5.41, 5.74) is 8.08. The highest BCUT2D eigenvalue weighted by Gasteiger charge is 2.12. The summed E-state index contributed by atoms with van der Waals surface area (Å²) in [6, 6.07) is 4.11. The minimum absolute atomic E-state index is 0.213. The zero-order valence-electron chi connectivity index (χ0n) is 12.9. The van der Waals surface area contributed by atoms with E-state index in [1.165, 1.54) is 5.56 Å². The molecule has 0 aliphatic rings. The highest BCUT2D eigenvalue weighted by Crippen LogP contribution is 2.29. The number of nitrogens with two attached hydrogens (primary N) is 1. The normalized spacial score (nSPS) is 12.2. The van der Waals surface area contributed by atoms with Crippen LogP contribution in [0.1, 0.15) is 24.6 Å². The minimum Gasteiger partial charge on any atom is -0.493 e. The summed E-state index contributed by atoms with van der Waals surface area (Å²) in [4.78, 5) is 4.39. The third kappa shape index (κ3) is 3.76. The van der Waals surface area contributed by atoms with Crippen LogP contribution in [0.2, 0.25) is 0 Å². The molecule has 2 heterocycles. The Morgan fingerprint density at radius 1 is 1.29 bits per heavy atom. The number of aromatic nitrogens is 2. The molecule has 0 aliphatic heterocycles. The van der Waals surface area contributed by atoms with Crippen molar-refractivity contribution < 1.29 is 9.47 Å². The van der Waals surface area contributed by atoms with Crippen LogP contribution in [0.4, 0.5) is 0 Å². The van der Waals surface area contributed by atoms with Gasteiger partial charge in [0.2, 0.25) is 0 Å². The molecule has 2 rings (SSSR count). The molecule has 0 radical (unpaired) electrons. The first kappa shape index (κ1) is 15.4. The molecule has 2 aromatic heterocycles. The Labute approximate surface area is 125 Å². The van der Waals surface area contributed by atoms with Gasteiger partial charge in [-0.05, 0) is 24.5 Å². The number of methoxy groups -OCH3 is 2. The van der Waals surface area contributed by atoms with Crippen LogP contribution in [0.25, 0.3) is 0 Å². The van der Waals surface area contributed by atoms with Gasteiger partial charge in [-0.2, -0.15) is 0 Å². The molecule has 1 unspecified atom stereocenters. The number of rotatable bonds is 7. The second-order valence-electron chi connectivity index (χ2n) is 5.06. The number of hydrogen-bond donors (Lipinski definition) is 1. The largest absolute Gasteiger partial charge is 0.493 e. The van der Waals surface area contributed by atoms with E-state index in [2.05, 4.69) is 28.7 Å². The average Bonchev–Trinajstić information content (AvgIpc) is 2.93. The lowest BCUT2D eigenvalue weighted by Gasteiger charge is -2.12. The van der Waals surface area contributed by atoms with Crippen molar-refractivity contribution in [2.24, 2.45) is 5.73 Å². The summed E-state index contributed by atoms with van der Waals surface area (Å²) in [7, 11) is 3.26. The Balaban J connectivity index is 2.15. The van der Waals surface area contributed by atoms with Gasteiger partial charge in [0, 0.05) is 30.7 Å². The van der Waals surface area contributed by atoms with Gasteiger partial charge in [0.15, 0.2) is 11.5 Å². The molecule has 0 bridgehead atoms. The Morgan fingerprint density at radius 2 is 2.10 bits per heavy atom. The standard InChI is InChI=1S/C16H23N3O2/c1-4-13(17)9-12-6-8-19(10-12)11-14-16(21-3)15(20-2)5-7-18-14/h5-8,10,13H,4,9,11,17H2,1-3H3. The van der Waals surface area contributed by atoms with Crippen molar-refractivity contribution in [2.45, 2.75) is 32.4 Å². The zero-order chi connectivity index (χ0) is 15.2. The fourth-order valence-corrected chi connectivity index (χ4v) is 2.29. The molecule has 0 saturated carbocycles. The molecule has 0 fully saturated rings. The van der Waals surface area contributed by atoms with Crippen LogP contribution < -0.4 is 15.2 Å². The molecule has 5 heteroatoms. The van der Waals surface area contributed by atoms with E-state index in [1.807, 2.05) is 6.20 Å². The van der Waals surface area contributed by atoms with Crippen molar-refractivity contribution in [3.63, 3.8) is 0 Å². The van der Waals surface area contributed by atoms with Crippen molar-refractivity contribution in [2.75, 3.05) is 14.2 Å². The maximum Gasteiger partial charge on any atom is 0.184 e. The predicted octanol–water partition coefficient (Wildman–Crippen LogP) is 2.23. The molecule has 2 N–H and O–H groups in total. The summed E-state index contributed by atoms with van der Waals surface area (Å²) < 4.78 is 12.8. The maximum atomic E-state index is 5.99. The summed E-state index contributed by atoms with van der Waals surface area (Å²) >= 11 is 0. The monoisotopic (exact) mass is 289 g/mol. The van der Waals surface area contributed by atoms with Crippen LogP contribution in [-0.2, 0) is 13.0 Å². The smallest absolute Gasteiger partial charge is 0.184 e. The van der Waals surface area contributed by atoms with Crippen LogP contribution >= 0.6 is 0 Å². The highest BCUT2D eigenvalue weighted by atomic mass is 16.5. The fraction of sp³-hybridized carbons (Fsp3) is 0.438. The topological polar surface area (TPSA) is 62.3 Å². The summed E-state index contributed by atoms with van der Waals surface area (Å²) in [6.45, 7) is 2.74. The van der Waals surface area contributed by atoms with Gasteiger partial charge in [0.1, 0.15) is 5.69 Å². The molecule has 2 aromatic rings. The SMILES string of the molecule is CCC(N)Cc1ccn(Cc2nccc(OC)c2OC)c1. The highest BCUT2D eigenvalue weighted by molar-refractivity contribution is 5.42. The van der Waals surface area contributed by atoms with Crippen molar-refractivity contribution in [1.29, 1.82) is 0 Å². The van der Waals surface area contributed by atoms with Crippen LogP contribution in [-0.4, -0.2) is 29.8 Å². The molecule has 5 nitrogen and oxygen atoms in total. The third-order valence-corrected chi connectivity index (χ3v) is 3.53. The second-order valence-corrected chi connectivity index (χ2v) is 5.06. The Bertz CT molecular complexity index is 581. The zero-order valence-corrected chi connectivity index (χ0v) is 12.9. The quantitative estimate of drug-likeness (QED) is 0.849. The van der Waals surface area contributed by atoms with E-state index in [0.717, 1.165) is 18.5 Å². The number of pyridine rings is 1. The molecule has 0 saturated heterocycles. The lowest BCUT2D eigenvalue weighted by molar-refractivity contribution is 0.348. The Morgan fingerprint density at radius 3 is 2.76 bits per heavy atom. The number of ether oxygens (including phenoxy) is 2. The van der Waals surface area contributed by atoms with Crippen LogP contribution in [0, 0.1) is 0 Å². The predicted molar refractivity (Wildman–Crippen MR) is 82.8 cm³/mol. The Hall–Kier alpha value is -2.01. The lowest BCUT2D eigenvalue weighted by Crippen LogP contribution is -2.21. The third-order valence-electron chi connectivity index (χ3n) is 3.53. The average molecular weight is 289 g/mol. The fourth-order valence-electron chi connectivity index (χ4n) is 2.29. The van der Waals surface area contributed by atoms with Crippen molar-refractivity contribution >= 4 is 0 Å². The lowest BCUT2D eigenvalue weighted by atomic mass is 10.1. The van der Waals surface area contributed by atoms with E-state index in [9.17, 15) is 0 Å². The van der Waals surface area contributed by atoms with E-state index in [-0.39, 0.29) is 6.04 Å². The van der Waals surface area contributed by atoms with Crippen LogP contribution in [0.3, 0.4) is 0 Å². The second kappa shape index (κ2) is 7.13. The van der Waals surface area contributed by atoms with E-state index < -0.39 is 0 Å². The van der Waals surface area contributed by atoms with Crippen LogP contribution in [0.5, 0.6) is 11.5 Å². The number of nitrogens with zero attached hydrogens (tertiary/aromatic N) is 2. The van der Waals surface area contributed by atoms with E-state index in [1.54, 1.807) is 26.5 Å². The van der Waals surface area contributed by atoms with Crippen LogP contribution in [0.15, 0.2) is 30.7 Å². The van der Waals surface area contributed by atoms with E-state index in [0.29, 0.717) is 18.0 Å². The molecule has 0 aliphatic carbocycles. The van der Waals surface area contributed by atoms with Gasteiger partial charge < -0.3 is 19.8 Å². The van der Waals surface area contributed by atoms with Gasteiger partial charge in [-0.15, -0.1) is 0 Å². The van der Waals surface area contributed by atoms with Crippen molar-refractivity contribution in [3.05, 3.63) is 42.0 Å². The van der Waals surface area contributed by atoms with Gasteiger partial charge >= 0.3 is 0 Å². The first-order valence-corrected chi connectivity index (χ1v) is 7.14. The van der Waals surface area contributed by atoms with Gasteiger partial charge in [-0.3, -0.25) is 4.98 Å². The van der Waals surface area contributed by atoms with E-state index in [4.69, 9.17) is 15.2 Å². The first-order valence-electron chi connectivity index (χ1n) is 7.14. The molecule has 21 heavy (non-hydrogen) atoms. The minimum atomic E-state index is 0.213. The maximum absolute atomic E-state index is 5.99. The molecular formula is C16H23N3O2. The summed E-state index contributed by atoms with van der Waals surface area (Å²) in [6.07, 6.45) is 7.76. The molecule has 0 aromatic carbocycles. The van der Waals surface area contributed by atoms with Crippen molar-refractivity contribution in [1.82, 2.24) is 9.55 Å². The molecule has 1 atom stereocenters. The number of hydrogen-bond acceptors (Lipinski definition) is 4. The summed E-state index contributed by atoms with van der Waals surface area (Å²) in [5.74, 6) is 1.38. The molecule has 0 amide bonds. The van der Waals surface area contributed by atoms with Gasteiger partial charge in [0.05, 0.1) is 20.8 Å². The molecular weight excluding hydrogens is 266 g/mol. The van der Waals surface area contributed by atoms with Gasteiger partial charge in [-0.25, -0.2) is 0 Å². The summed E-state index contributed by atoms with van der Waals surface area (Å²) in [5, 5.41) is 0. The van der Waals surface area contributed by atoms with E-state index >= 15 is 0 Å².